The van der Waals surface area contributed by atoms with Gasteiger partial charge in [0.1, 0.15) is 5.01 Å². The lowest BCUT2D eigenvalue weighted by Crippen LogP contribution is -2.42. The Morgan fingerprint density at radius 2 is 2.23 bits per heavy atom. The quantitative estimate of drug-likeness (QED) is 0.833. The number of carbonyl (C=O) groups excluding carboxylic acids is 1. The number of hydrogen-bond acceptors (Lipinski definition) is 3. The Kier molecular flexibility index (Phi) is 4.79. The fraction of sp³-hybridized carbons (Fsp3) is 0.412. The number of halogens is 1. The molecule has 0 radical (unpaired) electrons. The molecule has 0 saturated carbocycles. The number of nitrogens with zero attached hydrogens (tertiary/aromatic N) is 2. The number of thiazole rings is 1. The lowest BCUT2D eigenvalue weighted by atomic mass is 10.0. The highest BCUT2D eigenvalue weighted by atomic mass is 35.5. The minimum atomic E-state index is 0.184. The van der Waals surface area contributed by atoms with E-state index in [-0.39, 0.29) is 5.91 Å². The number of carbonyl (C=O) groups is 1. The van der Waals surface area contributed by atoms with Crippen LogP contribution in [0.15, 0.2) is 29.6 Å². The second kappa shape index (κ2) is 6.80. The van der Waals surface area contributed by atoms with Crippen molar-refractivity contribution in [3.8, 4) is 10.6 Å². The third-order valence-electron chi connectivity index (χ3n) is 4.11. The van der Waals surface area contributed by atoms with E-state index in [2.05, 4.69) is 11.9 Å². The predicted octanol–water partition coefficient (Wildman–Crippen LogP) is 4.41. The Morgan fingerprint density at radius 3 is 3.00 bits per heavy atom. The van der Waals surface area contributed by atoms with Crippen LogP contribution in [0.3, 0.4) is 0 Å². The summed E-state index contributed by atoms with van der Waals surface area (Å²) in [5.41, 5.74) is 1.77. The van der Waals surface area contributed by atoms with Crippen molar-refractivity contribution in [2.24, 2.45) is 0 Å². The summed E-state index contributed by atoms with van der Waals surface area (Å²) in [6.45, 7) is 3.01. The second-order valence-corrected chi connectivity index (χ2v) is 7.00. The van der Waals surface area contributed by atoms with Crippen molar-refractivity contribution in [3.63, 3.8) is 0 Å². The third-order valence-corrected chi connectivity index (χ3v) is 5.37. The van der Waals surface area contributed by atoms with E-state index in [1.54, 1.807) is 0 Å². The molecule has 0 aliphatic carbocycles. The van der Waals surface area contributed by atoms with Crippen molar-refractivity contribution >= 4 is 28.8 Å². The predicted molar refractivity (Wildman–Crippen MR) is 91.3 cm³/mol. The van der Waals surface area contributed by atoms with Crippen LogP contribution in [0.4, 0.5) is 0 Å². The number of likely N-dealkylation sites (tertiary alicyclic amines) is 1. The van der Waals surface area contributed by atoms with E-state index in [1.807, 2.05) is 34.5 Å². The van der Waals surface area contributed by atoms with Gasteiger partial charge in [-0.1, -0.05) is 29.8 Å². The molecule has 2 aromatic rings. The van der Waals surface area contributed by atoms with E-state index >= 15 is 0 Å². The van der Waals surface area contributed by atoms with Crippen LogP contribution in [0.1, 0.15) is 31.9 Å². The Hall–Kier alpha value is -1.39. The molecule has 3 rings (SSSR count). The lowest BCUT2D eigenvalue weighted by Gasteiger charge is -2.33. The van der Waals surface area contributed by atoms with Crippen LogP contribution in [-0.2, 0) is 11.2 Å². The first-order chi connectivity index (χ1) is 10.6. The van der Waals surface area contributed by atoms with Gasteiger partial charge in [0.05, 0.1) is 17.1 Å². The zero-order valence-electron chi connectivity index (χ0n) is 12.6. The standard InChI is InChI=1S/C17H19ClN2OS/c1-12-6-4-5-9-20(12)16(21)10-13-11-22-17(19-13)14-7-2-3-8-15(14)18/h2-3,7-8,11-12H,4-6,9-10H2,1H3. The maximum Gasteiger partial charge on any atom is 0.228 e. The number of piperidine rings is 1. The average molecular weight is 335 g/mol. The molecular formula is C17H19ClN2OS. The van der Waals surface area contributed by atoms with Crippen LogP contribution >= 0.6 is 22.9 Å². The normalized spacial score (nSPS) is 18.5. The molecule has 0 N–H and O–H groups in total. The van der Waals surface area contributed by atoms with Crippen LogP contribution in [-0.4, -0.2) is 28.4 Å². The van der Waals surface area contributed by atoms with Gasteiger partial charge in [-0.05, 0) is 32.3 Å². The van der Waals surface area contributed by atoms with Gasteiger partial charge in [-0.2, -0.15) is 0 Å². The molecule has 3 nitrogen and oxygen atoms in total. The first kappa shape index (κ1) is 15.5. The van der Waals surface area contributed by atoms with Crippen LogP contribution in [0.25, 0.3) is 10.6 Å². The van der Waals surface area contributed by atoms with E-state index in [9.17, 15) is 4.79 Å². The Balaban J connectivity index is 1.72. The highest BCUT2D eigenvalue weighted by Crippen LogP contribution is 2.30. The molecule has 1 aliphatic rings. The maximum absolute atomic E-state index is 12.5. The zero-order chi connectivity index (χ0) is 15.5. The molecule has 1 unspecified atom stereocenters. The summed E-state index contributed by atoms with van der Waals surface area (Å²) >= 11 is 7.75. The van der Waals surface area contributed by atoms with Gasteiger partial charge in [0.2, 0.25) is 5.91 Å². The maximum atomic E-state index is 12.5. The number of aromatic nitrogens is 1. The lowest BCUT2D eigenvalue weighted by molar-refractivity contribution is -0.133. The van der Waals surface area contributed by atoms with E-state index in [0.717, 1.165) is 35.7 Å². The van der Waals surface area contributed by atoms with Crippen molar-refractivity contribution < 1.29 is 4.79 Å². The summed E-state index contributed by atoms with van der Waals surface area (Å²) in [4.78, 5) is 19.0. The second-order valence-electron chi connectivity index (χ2n) is 5.73. The molecular weight excluding hydrogens is 316 g/mol. The van der Waals surface area contributed by atoms with Gasteiger partial charge in [0, 0.05) is 23.5 Å². The molecule has 1 atom stereocenters. The highest BCUT2D eigenvalue weighted by Gasteiger charge is 2.23. The Labute approximate surface area is 139 Å². The zero-order valence-corrected chi connectivity index (χ0v) is 14.2. The van der Waals surface area contributed by atoms with Crippen molar-refractivity contribution in [2.75, 3.05) is 6.54 Å². The molecule has 0 bridgehead atoms. The fourth-order valence-corrected chi connectivity index (χ4v) is 4.01. The van der Waals surface area contributed by atoms with Crippen LogP contribution in [0.5, 0.6) is 0 Å². The smallest absolute Gasteiger partial charge is 0.228 e. The van der Waals surface area contributed by atoms with Gasteiger partial charge in [0.25, 0.3) is 0 Å². The van der Waals surface area contributed by atoms with E-state index in [1.165, 1.54) is 17.8 Å². The molecule has 1 amide bonds. The molecule has 5 heteroatoms. The van der Waals surface area contributed by atoms with Gasteiger partial charge in [-0.25, -0.2) is 4.98 Å². The molecule has 0 spiro atoms. The number of rotatable bonds is 3. The van der Waals surface area contributed by atoms with Crippen LogP contribution in [0.2, 0.25) is 5.02 Å². The minimum Gasteiger partial charge on any atom is -0.340 e. The number of hydrogen-bond donors (Lipinski definition) is 0. The van der Waals surface area contributed by atoms with Crippen molar-refractivity contribution in [1.29, 1.82) is 0 Å². The van der Waals surface area contributed by atoms with Gasteiger partial charge in [-0.3, -0.25) is 4.79 Å². The number of amides is 1. The van der Waals surface area contributed by atoms with Crippen LogP contribution in [0, 0.1) is 0 Å². The first-order valence-electron chi connectivity index (χ1n) is 7.64. The summed E-state index contributed by atoms with van der Waals surface area (Å²) in [5.74, 6) is 0.184. The molecule has 1 fully saturated rings. The van der Waals surface area contributed by atoms with E-state index in [4.69, 9.17) is 11.6 Å². The summed E-state index contributed by atoms with van der Waals surface area (Å²) in [6, 6.07) is 8.02. The molecule has 22 heavy (non-hydrogen) atoms. The number of benzene rings is 1. The average Bonchev–Trinajstić information content (AvgIpc) is 2.96. The SMILES string of the molecule is CC1CCCCN1C(=O)Cc1csc(-c2ccccc2Cl)n1. The minimum absolute atomic E-state index is 0.184. The molecule has 2 heterocycles. The Morgan fingerprint density at radius 1 is 1.41 bits per heavy atom. The summed E-state index contributed by atoms with van der Waals surface area (Å²) in [6.07, 6.45) is 3.81. The van der Waals surface area contributed by atoms with Crippen molar-refractivity contribution in [2.45, 2.75) is 38.6 Å². The summed E-state index contributed by atoms with van der Waals surface area (Å²) in [5, 5.41) is 3.53. The van der Waals surface area contributed by atoms with Crippen molar-refractivity contribution in [1.82, 2.24) is 9.88 Å². The highest BCUT2D eigenvalue weighted by molar-refractivity contribution is 7.13. The largest absolute Gasteiger partial charge is 0.340 e. The molecule has 1 saturated heterocycles. The molecule has 116 valence electrons. The fourth-order valence-electron chi connectivity index (χ4n) is 2.87. The summed E-state index contributed by atoms with van der Waals surface area (Å²) in [7, 11) is 0. The third kappa shape index (κ3) is 3.33. The molecule has 1 aromatic carbocycles. The van der Waals surface area contributed by atoms with Crippen LogP contribution < -0.4 is 0 Å². The van der Waals surface area contributed by atoms with Gasteiger partial charge in [0.15, 0.2) is 0 Å². The molecule has 1 aromatic heterocycles. The van der Waals surface area contributed by atoms with Gasteiger partial charge in [-0.15, -0.1) is 11.3 Å². The van der Waals surface area contributed by atoms with Gasteiger partial charge < -0.3 is 4.90 Å². The van der Waals surface area contributed by atoms with E-state index in [0.29, 0.717) is 17.5 Å². The van der Waals surface area contributed by atoms with Crippen molar-refractivity contribution in [3.05, 3.63) is 40.4 Å². The Bertz CT molecular complexity index is 670. The first-order valence-corrected chi connectivity index (χ1v) is 8.89. The summed E-state index contributed by atoms with van der Waals surface area (Å²) < 4.78 is 0. The van der Waals surface area contributed by atoms with Gasteiger partial charge >= 0.3 is 0 Å². The monoisotopic (exact) mass is 334 g/mol. The van der Waals surface area contributed by atoms with E-state index < -0.39 is 0 Å². The topological polar surface area (TPSA) is 33.2 Å². The molecule has 1 aliphatic heterocycles.